The third-order valence-corrected chi connectivity index (χ3v) is 4.27. The fourth-order valence-corrected chi connectivity index (χ4v) is 3.05. The molecule has 1 aromatic carbocycles. The number of benzene rings is 1. The standard InChI is InChI=1S/C14H16N2O2/c1-7-4-5-8(15)6-9(7)16-12(17)10-11(13(16)18)14(10,2)3/h4-6,10-11H,15H2,1-3H3. The van der Waals surface area contributed by atoms with Crippen molar-refractivity contribution in [1.29, 1.82) is 0 Å². The van der Waals surface area contributed by atoms with Gasteiger partial charge in [-0.15, -0.1) is 0 Å². The molecule has 18 heavy (non-hydrogen) atoms. The molecule has 1 heterocycles. The number of rotatable bonds is 1. The Morgan fingerprint density at radius 1 is 1.17 bits per heavy atom. The van der Waals surface area contributed by atoms with E-state index in [9.17, 15) is 9.59 Å². The summed E-state index contributed by atoms with van der Waals surface area (Å²) < 4.78 is 0. The van der Waals surface area contributed by atoms with E-state index in [1.165, 1.54) is 4.90 Å². The molecule has 1 saturated heterocycles. The van der Waals surface area contributed by atoms with Gasteiger partial charge in [0.05, 0.1) is 17.5 Å². The Hall–Kier alpha value is -1.84. The highest BCUT2D eigenvalue weighted by atomic mass is 16.2. The number of amides is 2. The Kier molecular flexibility index (Phi) is 1.96. The summed E-state index contributed by atoms with van der Waals surface area (Å²) in [5, 5.41) is 0. The van der Waals surface area contributed by atoms with Crippen LogP contribution in [0.3, 0.4) is 0 Å². The van der Waals surface area contributed by atoms with Crippen molar-refractivity contribution in [2.75, 3.05) is 10.6 Å². The van der Waals surface area contributed by atoms with Gasteiger partial charge in [-0.2, -0.15) is 0 Å². The molecule has 0 bridgehead atoms. The van der Waals surface area contributed by atoms with Crippen LogP contribution in [-0.2, 0) is 9.59 Å². The van der Waals surface area contributed by atoms with Gasteiger partial charge < -0.3 is 5.73 Å². The molecule has 3 rings (SSSR count). The number of carbonyl (C=O) groups excluding carboxylic acids is 2. The zero-order valence-electron chi connectivity index (χ0n) is 10.7. The van der Waals surface area contributed by atoms with Crippen LogP contribution < -0.4 is 10.6 Å². The van der Waals surface area contributed by atoms with Crippen LogP contribution in [0.1, 0.15) is 19.4 Å². The highest BCUT2D eigenvalue weighted by Gasteiger charge is 2.72. The maximum atomic E-state index is 12.3. The van der Waals surface area contributed by atoms with E-state index < -0.39 is 0 Å². The lowest BCUT2D eigenvalue weighted by Crippen LogP contribution is -2.36. The number of anilines is 2. The maximum Gasteiger partial charge on any atom is 0.238 e. The highest BCUT2D eigenvalue weighted by Crippen LogP contribution is 2.63. The van der Waals surface area contributed by atoms with Crippen molar-refractivity contribution >= 4 is 23.2 Å². The van der Waals surface area contributed by atoms with Gasteiger partial charge in [-0.3, -0.25) is 9.59 Å². The van der Waals surface area contributed by atoms with Crippen LogP contribution in [0.15, 0.2) is 18.2 Å². The van der Waals surface area contributed by atoms with E-state index >= 15 is 0 Å². The summed E-state index contributed by atoms with van der Waals surface area (Å²) in [6.07, 6.45) is 0. The van der Waals surface area contributed by atoms with Crippen LogP contribution in [0.25, 0.3) is 0 Å². The SMILES string of the molecule is Cc1ccc(N)cc1N1C(=O)C2C(C1=O)C2(C)C. The van der Waals surface area contributed by atoms with Gasteiger partial charge in [-0.05, 0) is 30.0 Å². The molecule has 2 unspecified atom stereocenters. The van der Waals surface area contributed by atoms with E-state index in [4.69, 9.17) is 5.73 Å². The van der Waals surface area contributed by atoms with Crippen molar-refractivity contribution in [3.8, 4) is 0 Å². The van der Waals surface area contributed by atoms with Crippen LogP contribution in [0, 0.1) is 24.2 Å². The molecule has 0 aromatic heterocycles. The van der Waals surface area contributed by atoms with Gasteiger partial charge in [0.15, 0.2) is 0 Å². The molecular formula is C14H16N2O2. The molecule has 1 aliphatic carbocycles. The fraction of sp³-hybridized carbons (Fsp3) is 0.429. The number of nitrogens with zero attached hydrogens (tertiary/aromatic N) is 1. The van der Waals surface area contributed by atoms with Crippen molar-refractivity contribution in [1.82, 2.24) is 0 Å². The number of nitrogens with two attached hydrogens (primary N) is 1. The molecular weight excluding hydrogens is 228 g/mol. The van der Waals surface area contributed by atoms with Gasteiger partial charge in [0.1, 0.15) is 0 Å². The Morgan fingerprint density at radius 3 is 2.28 bits per heavy atom. The minimum Gasteiger partial charge on any atom is -0.399 e. The predicted octanol–water partition coefficient (Wildman–Crippen LogP) is 1.72. The zero-order chi connectivity index (χ0) is 13.2. The quantitative estimate of drug-likeness (QED) is 0.604. The summed E-state index contributed by atoms with van der Waals surface area (Å²) in [5.74, 6) is -0.455. The van der Waals surface area contributed by atoms with E-state index in [0.717, 1.165) is 5.56 Å². The first-order valence-electron chi connectivity index (χ1n) is 6.09. The summed E-state index contributed by atoms with van der Waals surface area (Å²) in [4.78, 5) is 25.9. The van der Waals surface area contributed by atoms with Crippen LogP contribution in [0.5, 0.6) is 0 Å². The second kappa shape index (κ2) is 3.13. The Labute approximate surface area is 106 Å². The zero-order valence-corrected chi connectivity index (χ0v) is 10.7. The van der Waals surface area contributed by atoms with E-state index in [1.807, 2.05) is 26.8 Å². The number of fused-ring (bicyclic) bond motifs is 1. The van der Waals surface area contributed by atoms with Gasteiger partial charge in [0, 0.05) is 5.69 Å². The van der Waals surface area contributed by atoms with E-state index in [-0.39, 0.29) is 29.1 Å². The van der Waals surface area contributed by atoms with E-state index in [0.29, 0.717) is 11.4 Å². The Morgan fingerprint density at radius 2 is 1.72 bits per heavy atom. The maximum absolute atomic E-state index is 12.3. The summed E-state index contributed by atoms with van der Waals surface area (Å²) in [6.45, 7) is 5.83. The Bertz CT molecular complexity index is 553. The molecule has 2 aliphatic rings. The van der Waals surface area contributed by atoms with Gasteiger partial charge in [-0.25, -0.2) is 4.90 Å². The normalized spacial score (nSPS) is 28.5. The molecule has 1 aliphatic heterocycles. The van der Waals surface area contributed by atoms with Crippen molar-refractivity contribution < 1.29 is 9.59 Å². The molecule has 2 amide bonds. The van der Waals surface area contributed by atoms with Gasteiger partial charge in [0.2, 0.25) is 11.8 Å². The van der Waals surface area contributed by atoms with Gasteiger partial charge >= 0.3 is 0 Å². The number of hydrogen-bond donors (Lipinski definition) is 1. The number of imide groups is 1. The topological polar surface area (TPSA) is 63.4 Å². The molecule has 0 radical (unpaired) electrons. The van der Waals surface area contributed by atoms with E-state index in [1.54, 1.807) is 12.1 Å². The molecule has 0 spiro atoms. The van der Waals surface area contributed by atoms with Crippen molar-refractivity contribution in [3.05, 3.63) is 23.8 Å². The molecule has 1 saturated carbocycles. The lowest BCUT2D eigenvalue weighted by Gasteiger charge is -2.22. The highest BCUT2D eigenvalue weighted by molar-refractivity contribution is 6.26. The van der Waals surface area contributed by atoms with Crippen molar-refractivity contribution in [3.63, 3.8) is 0 Å². The molecule has 4 nitrogen and oxygen atoms in total. The molecule has 94 valence electrons. The fourth-order valence-electron chi connectivity index (χ4n) is 3.05. The minimum atomic E-state index is -0.168. The smallest absolute Gasteiger partial charge is 0.238 e. The molecule has 2 N–H and O–H groups in total. The third kappa shape index (κ3) is 1.20. The second-order valence-electron chi connectivity index (χ2n) is 5.83. The summed E-state index contributed by atoms with van der Waals surface area (Å²) in [7, 11) is 0. The summed E-state index contributed by atoms with van der Waals surface area (Å²) in [5.41, 5.74) is 7.66. The molecule has 4 heteroatoms. The third-order valence-electron chi connectivity index (χ3n) is 4.27. The Balaban J connectivity index is 2.03. The largest absolute Gasteiger partial charge is 0.399 e. The van der Waals surface area contributed by atoms with Gasteiger partial charge in [-0.1, -0.05) is 19.9 Å². The number of aryl methyl sites for hydroxylation is 1. The van der Waals surface area contributed by atoms with Crippen molar-refractivity contribution in [2.24, 2.45) is 17.3 Å². The minimum absolute atomic E-state index is 0.0799. The average Bonchev–Trinajstić information content (AvgIpc) is 2.74. The first kappa shape index (κ1) is 11.3. The summed E-state index contributed by atoms with van der Waals surface area (Å²) in [6, 6.07) is 5.30. The molecule has 2 fully saturated rings. The average molecular weight is 244 g/mol. The number of carbonyl (C=O) groups is 2. The number of hydrogen-bond acceptors (Lipinski definition) is 3. The number of piperidine rings is 1. The second-order valence-corrected chi connectivity index (χ2v) is 5.83. The lowest BCUT2D eigenvalue weighted by molar-refractivity contribution is -0.125. The van der Waals surface area contributed by atoms with Crippen LogP contribution in [0.2, 0.25) is 0 Å². The lowest BCUT2D eigenvalue weighted by atomic mass is 10.0. The monoisotopic (exact) mass is 244 g/mol. The first-order chi connectivity index (χ1) is 8.35. The predicted molar refractivity (Wildman–Crippen MR) is 68.8 cm³/mol. The number of nitrogen functional groups attached to an aromatic ring is 1. The van der Waals surface area contributed by atoms with Crippen LogP contribution in [0.4, 0.5) is 11.4 Å². The van der Waals surface area contributed by atoms with Gasteiger partial charge in [0.25, 0.3) is 0 Å². The van der Waals surface area contributed by atoms with Crippen LogP contribution >= 0.6 is 0 Å². The summed E-state index contributed by atoms with van der Waals surface area (Å²) >= 11 is 0. The molecule has 2 atom stereocenters. The first-order valence-corrected chi connectivity index (χ1v) is 6.09. The van der Waals surface area contributed by atoms with E-state index in [2.05, 4.69) is 0 Å². The van der Waals surface area contributed by atoms with Crippen molar-refractivity contribution in [2.45, 2.75) is 20.8 Å². The molecule has 1 aromatic rings. The van der Waals surface area contributed by atoms with Crippen LogP contribution in [-0.4, -0.2) is 11.8 Å².